The summed E-state index contributed by atoms with van der Waals surface area (Å²) in [5, 5.41) is 10.1. The molecule has 0 bridgehead atoms. The zero-order valence-corrected chi connectivity index (χ0v) is 12.7. The van der Waals surface area contributed by atoms with Crippen molar-refractivity contribution in [2.45, 2.75) is 33.0 Å². The van der Waals surface area contributed by atoms with Crippen molar-refractivity contribution >= 4 is 5.91 Å². The molecule has 3 rings (SSSR count). The van der Waals surface area contributed by atoms with Crippen LogP contribution in [0.5, 0.6) is 5.75 Å². The molecule has 1 amide bonds. The van der Waals surface area contributed by atoms with Gasteiger partial charge in [0.25, 0.3) is 5.91 Å². The second-order valence-electron chi connectivity index (χ2n) is 5.76. The molecule has 0 fully saturated rings. The van der Waals surface area contributed by atoms with Crippen LogP contribution in [0.15, 0.2) is 35.1 Å². The van der Waals surface area contributed by atoms with Gasteiger partial charge in [0, 0.05) is 12.6 Å². The number of benzene rings is 1. The lowest BCUT2D eigenvalue weighted by Gasteiger charge is -2.32. The van der Waals surface area contributed by atoms with Crippen LogP contribution in [-0.4, -0.2) is 37.9 Å². The van der Waals surface area contributed by atoms with Gasteiger partial charge in [-0.2, -0.15) is 0 Å². The van der Waals surface area contributed by atoms with Crippen molar-refractivity contribution < 1.29 is 9.90 Å². The Morgan fingerprint density at radius 3 is 2.45 bits per heavy atom. The zero-order valence-electron chi connectivity index (χ0n) is 12.7. The summed E-state index contributed by atoms with van der Waals surface area (Å²) >= 11 is 0. The number of aromatic nitrogens is 2. The highest BCUT2D eigenvalue weighted by atomic mass is 16.3. The van der Waals surface area contributed by atoms with Crippen LogP contribution in [0.2, 0.25) is 0 Å². The number of rotatable bonds is 3. The minimum atomic E-state index is -0.516. The third-order valence-corrected chi connectivity index (χ3v) is 4.03. The highest BCUT2D eigenvalue weighted by Gasteiger charge is 2.33. The summed E-state index contributed by atoms with van der Waals surface area (Å²) < 4.78 is 3.04. The Morgan fingerprint density at radius 1 is 1.14 bits per heavy atom. The van der Waals surface area contributed by atoms with E-state index in [0.717, 1.165) is 5.56 Å². The molecule has 0 saturated carbocycles. The van der Waals surface area contributed by atoms with Gasteiger partial charge in [-0.25, -0.2) is 4.68 Å². The normalized spacial score (nSPS) is 14.5. The van der Waals surface area contributed by atoms with Crippen molar-refractivity contribution in [1.29, 1.82) is 0 Å². The van der Waals surface area contributed by atoms with E-state index in [4.69, 9.17) is 0 Å². The second-order valence-corrected chi connectivity index (χ2v) is 5.76. The smallest absolute Gasteiger partial charge is 0.310 e. The monoisotopic (exact) mass is 301 g/mol. The van der Waals surface area contributed by atoms with Crippen molar-refractivity contribution in [1.82, 2.24) is 14.3 Å². The fourth-order valence-corrected chi connectivity index (χ4v) is 2.87. The number of fused-ring (bicyclic) bond motifs is 1. The Kier molecular flexibility index (Phi) is 3.52. The van der Waals surface area contributed by atoms with Gasteiger partial charge < -0.3 is 10.0 Å². The molecule has 0 atom stereocenters. The standard InChI is InChI=1S/C16H19N3O3/c1-11(2)17-8-9-18-13(15(17)21)14(20)16(22)19(18)10-12-6-4-3-5-7-12/h3-7,11,20H,8-10H2,1-2H3. The molecule has 1 aromatic carbocycles. The van der Waals surface area contributed by atoms with Gasteiger partial charge in [-0.3, -0.25) is 14.3 Å². The van der Waals surface area contributed by atoms with Crippen LogP contribution in [0.1, 0.15) is 29.9 Å². The summed E-state index contributed by atoms with van der Waals surface area (Å²) in [6, 6.07) is 9.55. The van der Waals surface area contributed by atoms with Crippen LogP contribution in [0.4, 0.5) is 0 Å². The Balaban J connectivity index is 2.05. The number of aromatic hydroxyl groups is 1. The lowest BCUT2D eigenvalue weighted by atomic mass is 10.2. The van der Waals surface area contributed by atoms with Crippen LogP contribution in [-0.2, 0) is 13.1 Å². The van der Waals surface area contributed by atoms with Crippen molar-refractivity contribution in [3.8, 4) is 5.75 Å². The van der Waals surface area contributed by atoms with Crippen LogP contribution in [0.3, 0.4) is 0 Å². The Labute approximate surface area is 128 Å². The largest absolute Gasteiger partial charge is 0.501 e. The van der Waals surface area contributed by atoms with Crippen molar-refractivity contribution in [2.75, 3.05) is 6.54 Å². The molecular weight excluding hydrogens is 282 g/mol. The lowest BCUT2D eigenvalue weighted by molar-refractivity contribution is 0.0629. The number of hydrogen-bond donors (Lipinski definition) is 1. The van der Waals surface area contributed by atoms with E-state index >= 15 is 0 Å². The van der Waals surface area contributed by atoms with Crippen LogP contribution in [0, 0.1) is 0 Å². The molecule has 1 aliphatic heterocycles. The van der Waals surface area contributed by atoms with Crippen LogP contribution < -0.4 is 5.56 Å². The van der Waals surface area contributed by atoms with E-state index in [1.165, 1.54) is 4.68 Å². The summed E-state index contributed by atoms with van der Waals surface area (Å²) in [4.78, 5) is 26.5. The van der Waals surface area contributed by atoms with Crippen molar-refractivity contribution in [3.63, 3.8) is 0 Å². The van der Waals surface area contributed by atoms with E-state index in [2.05, 4.69) is 0 Å². The van der Waals surface area contributed by atoms with Gasteiger partial charge in [0.15, 0.2) is 5.69 Å². The molecule has 1 aliphatic rings. The molecule has 2 heterocycles. The maximum atomic E-state index is 12.5. The number of nitrogens with zero attached hydrogens (tertiary/aromatic N) is 3. The average molecular weight is 301 g/mol. The summed E-state index contributed by atoms with van der Waals surface area (Å²) in [6.07, 6.45) is 0. The molecule has 1 aromatic heterocycles. The third-order valence-electron chi connectivity index (χ3n) is 4.03. The number of amides is 1. The molecule has 0 spiro atoms. The first-order valence-corrected chi connectivity index (χ1v) is 7.38. The lowest BCUT2D eigenvalue weighted by Crippen LogP contribution is -2.45. The molecule has 116 valence electrons. The van der Waals surface area contributed by atoms with Crippen molar-refractivity contribution in [2.24, 2.45) is 0 Å². The zero-order chi connectivity index (χ0) is 15.9. The van der Waals surface area contributed by atoms with E-state index in [9.17, 15) is 14.7 Å². The summed E-state index contributed by atoms with van der Waals surface area (Å²) in [6.45, 7) is 5.21. The Morgan fingerprint density at radius 2 is 1.82 bits per heavy atom. The summed E-state index contributed by atoms with van der Waals surface area (Å²) in [7, 11) is 0. The van der Waals surface area contributed by atoms with Crippen LogP contribution in [0.25, 0.3) is 0 Å². The maximum absolute atomic E-state index is 12.5. The molecule has 0 radical (unpaired) electrons. The third kappa shape index (κ3) is 2.20. The van der Waals surface area contributed by atoms with E-state index in [1.54, 1.807) is 9.58 Å². The van der Waals surface area contributed by atoms with E-state index in [-0.39, 0.29) is 17.6 Å². The average Bonchev–Trinajstić information content (AvgIpc) is 2.74. The minimum Gasteiger partial charge on any atom is -0.501 e. The first-order chi connectivity index (χ1) is 10.5. The fourth-order valence-electron chi connectivity index (χ4n) is 2.87. The van der Waals surface area contributed by atoms with E-state index in [0.29, 0.717) is 19.6 Å². The van der Waals surface area contributed by atoms with E-state index in [1.807, 2.05) is 44.2 Å². The molecule has 1 N–H and O–H groups in total. The van der Waals surface area contributed by atoms with Gasteiger partial charge in [-0.1, -0.05) is 30.3 Å². The highest BCUT2D eigenvalue weighted by Crippen LogP contribution is 2.22. The highest BCUT2D eigenvalue weighted by molar-refractivity contribution is 5.95. The first kappa shape index (κ1) is 14.4. The van der Waals surface area contributed by atoms with Crippen LogP contribution >= 0.6 is 0 Å². The molecule has 22 heavy (non-hydrogen) atoms. The second kappa shape index (κ2) is 5.36. The van der Waals surface area contributed by atoms with E-state index < -0.39 is 11.3 Å². The maximum Gasteiger partial charge on any atom is 0.310 e. The van der Waals surface area contributed by atoms with Gasteiger partial charge in [0.05, 0.1) is 13.1 Å². The summed E-state index contributed by atoms with van der Waals surface area (Å²) in [5.74, 6) is -0.742. The number of carbonyl (C=O) groups excluding carboxylic acids is 1. The fraction of sp³-hybridized carbons (Fsp3) is 0.375. The molecule has 6 heteroatoms. The van der Waals surface area contributed by atoms with Gasteiger partial charge in [0.2, 0.25) is 5.75 Å². The summed E-state index contributed by atoms with van der Waals surface area (Å²) in [5.41, 5.74) is 0.530. The Hall–Kier alpha value is -2.50. The topological polar surface area (TPSA) is 67.5 Å². The quantitative estimate of drug-likeness (QED) is 0.928. The molecular formula is C16H19N3O3. The SMILES string of the molecule is CC(C)N1CCn2c(c(O)c(=O)n2Cc2ccccc2)C1=O. The van der Waals surface area contributed by atoms with Gasteiger partial charge in [-0.15, -0.1) is 0 Å². The first-order valence-electron chi connectivity index (χ1n) is 7.38. The molecule has 6 nitrogen and oxygen atoms in total. The minimum absolute atomic E-state index is 0.0354. The molecule has 0 aliphatic carbocycles. The number of hydrogen-bond acceptors (Lipinski definition) is 3. The van der Waals surface area contributed by atoms with Gasteiger partial charge >= 0.3 is 5.56 Å². The molecule has 0 unspecified atom stereocenters. The predicted molar refractivity (Wildman–Crippen MR) is 82.1 cm³/mol. The van der Waals surface area contributed by atoms with Gasteiger partial charge in [0.1, 0.15) is 0 Å². The Bertz CT molecular complexity index is 759. The molecule has 2 aromatic rings. The van der Waals surface area contributed by atoms with Gasteiger partial charge in [-0.05, 0) is 19.4 Å². The predicted octanol–water partition coefficient (Wildman–Crippen LogP) is 1.27. The molecule has 0 saturated heterocycles. The van der Waals surface area contributed by atoms with Crippen molar-refractivity contribution in [3.05, 3.63) is 51.9 Å². The number of carbonyl (C=O) groups is 1.